The van der Waals surface area contributed by atoms with Crippen molar-refractivity contribution in [3.8, 4) is 39.9 Å². The van der Waals surface area contributed by atoms with Gasteiger partial charge in [0, 0.05) is 48.7 Å². The second-order valence-corrected chi connectivity index (χ2v) is 9.95. The van der Waals surface area contributed by atoms with Crippen LogP contribution < -0.4 is 29.3 Å². The fourth-order valence-electron chi connectivity index (χ4n) is 5.62. The van der Waals surface area contributed by atoms with Gasteiger partial charge in [0.25, 0.3) is 0 Å². The lowest BCUT2D eigenvalue weighted by Gasteiger charge is -2.30. The lowest BCUT2D eigenvalue weighted by molar-refractivity contribution is -0.135. The fourth-order valence-corrected chi connectivity index (χ4v) is 5.62. The molecule has 1 aromatic heterocycles. The molecule has 1 aliphatic rings. The number of ether oxygens (including phenoxy) is 6. The minimum absolute atomic E-state index is 0.0374. The number of amides is 1. The molecule has 0 aliphatic carbocycles. The Morgan fingerprint density at radius 3 is 2.02 bits per heavy atom. The zero-order valence-electron chi connectivity index (χ0n) is 24.9. The van der Waals surface area contributed by atoms with Crippen molar-refractivity contribution in [2.45, 2.75) is 12.3 Å². The van der Waals surface area contributed by atoms with E-state index in [0.29, 0.717) is 77.1 Å². The van der Waals surface area contributed by atoms with Crippen LogP contribution >= 0.6 is 0 Å². The van der Waals surface area contributed by atoms with Gasteiger partial charge in [-0.3, -0.25) is 4.79 Å². The Morgan fingerprint density at radius 2 is 1.44 bits per heavy atom. The highest BCUT2D eigenvalue weighted by Gasteiger charge is 2.32. The molecule has 0 unspecified atom stereocenters. The third-order valence-corrected chi connectivity index (χ3v) is 7.68. The number of methoxy groups -OCH3 is 5. The summed E-state index contributed by atoms with van der Waals surface area (Å²) in [4.78, 5) is 28.8. The van der Waals surface area contributed by atoms with Crippen molar-refractivity contribution in [1.29, 1.82) is 0 Å². The molecule has 3 aromatic carbocycles. The molecule has 0 N–H and O–H groups in total. The zero-order valence-corrected chi connectivity index (χ0v) is 24.9. The Labute approximate surface area is 249 Å². The van der Waals surface area contributed by atoms with Crippen LogP contribution in [0.25, 0.3) is 22.1 Å². The molecule has 0 saturated carbocycles. The number of fused-ring (bicyclic) bond motifs is 1. The van der Waals surface area contributed by atoms with Gasteiger partial charge < -0.3 is 37.7 Å². The number of morpholine rings is 1. The lowest BCUT2D eigenvalue weighted by Crippen LogP contribution is -2.41. The standard InChI is InChI=1S/C33H35NO9/c1-37-24-19-25(38-2)31-23(20-9-7-6-8-10-20)18-29(36)43-33(31)30(24)22(17-28(35)34-11-13-42-14-12-34)21-15-26(39-3)32(41-5)27(16-21)40-4/h6-10,15-16,18-19,22H,11-14,17H2,1-5H3/t22-/m1/s1. The van der Waals surface area contributed by atoms with E-state index in [0.717, 1.165) is 5.56 Å². The van der Waals surface area contributed by atoms with E-state index in [1.165, 1.54) is 34.5 Å². The van der Waals surface area contributed by atoms with E-state index >= 15 is 0 Å². The molecule has 2 heterocycles. The van der Waals surface area contributed by atoms with E-state index in [4.69, 9.17) is 32.8 Å². The first-order valence-electron chi connectivity index (χ1n) is 13.9. The van der Waals surface area contributed by atoms with Crippen molar-refractivity contribution in [2.24, 2.45) is 0 Å². The van der Waals surface area contributed by atoms with Crippen LogP contribution in [0, 0.1) is 0 Å². The van der Waals surface area contributed by atoms with E-state index in [-0.39, 0.29) is 17.9 Å². The summed E-state index contributed by atoms with van der Waals surface area (Å²) >= 11 is 0. The molecule has 43 heavy (non-hydrogen) atoms. The number of hydrogen-bond acceptors (Lipinski definition) is 9. The largest absolute Gasteiger partial charge is 0.496 e. The second-order valence-electron chi connectivity index (χ2n) is 9.95. The maximum absolute atomic E-state index is 13.8. The fraction of sp³-hybridized carbons (Fsp3) is 0.333. The first-order valence-corrected chi connectivity index (χ1v) is 13.9. The van der Waals surface area contributed by atoms with Gasteiger partial charge >= 0.3 is 5.63 Å². The van der Waals surface area contributed by atoms with E-state index in [9.17, 15) is 9.59 Å². The summed E-state index contributed by atoms with van der Waals surface area (Å²) in [5, 5.41) is 0.584. The number of hydrogen-bond donors (Lipinski definition) is 0. The molecular weight excluding hydrogens is 554 g/mol. The summed E-state index contributed by atoms with van der Waals surface area (Å²) < 4.78 is 40.0. The van der Waals surface area contributed by atoms with Crippen molar-refractivity contribution in [2.75, 3.05) is 61.9 Å². The molecule has 1 atom stereocenters. The van der Waals surface area contributed by atoms with Crippen LogP contribution in [0.5, 0.6) is 28.7 Å². The van der Waals surface area contributed by atoms with Crippen molar-refractivity contribution in [1.82, 2.24) is 4.90 Å². The molecule has 1 amide bonds. The van der Waals surface area contributed by atoms with Crippen LogP contribution in [0.1, 0.15) is 23.5 Å². The molecule has 0 radical (unpaired) electrons. The Morgan fingerprint density at radius 1 is 0.814 bits per heavy atom. The highest BCUT2D eigenvalue weighted by atomic mass is 16.5. The summed E-state index contributed by atoms with van der Waals surface area (Å²) in [6.45, 7) is 1.89. The Bertz CT molecular complexity index is 1630. The molecule has 0 bridgehead atoms. The lowest BCUT2D eigenvalue weighted by atomic mass is 9.84. The monoisotopic (exact) mass is 589 g/mol. The van der Waals surface area contributed by atoms with Crippen molar-refractivity contribution in [3.63, 3.8) is 0 Å². The average molecular weight is 590 g/mol. The summed E-state index contributed by atoms with van der Waals surface area (Å²) in [6.07, 6.45) is 0.0374. The van der Waals surface area contributed by atoms with Gasteiger partial charge in [0.2, 0.25) is 11.7 Å². The average Bonchev–Trinajstić information content (AvgIpc) is 3.06. The topological polar surface area (TPSA) is 106 Å². The molecule has 1 saturated heterocycles. The summed E-state index contributed by atoms with van der Waals surface area (Å²) in [5.41, 5.74) is 2.35. The van der Waals surface area contributed by atoms with Crippen molar-refractivity contribution in [3.05, 3.63) is 76.1 Å². The molecule has 10 nitrogen and oxygen atoms in total. The Balaban J connectivity index is 1.83. The molecule has 1 aliphatic heterocycles. The van der Waals surface area contributed by atoms with E-state index in [1.807, 2.05) is 30.3 Å². The van der Waals surface area contributed by atoms with Crippen LogP contribution in [0.3, 0.4) is 0 Å². The summed E-state index contributed by atoms with van der Waals surface area (Å²) in [5.74, 6) is 1.37. The van der Waals surface area contributed by atoms with E-state index in [1.54, 1.807) is 30.2 Å². The van der Waals surface area contributed by atoms with Crippen LogP contribution in [-0.2, 0) is 9.53 Å². The number of benzene rings is 3. The van der Waals surface area contributed by atoms with E-state index < -0.39 is 11.5 Å². The predicted octanol–water partition coefficient (Wildman–Crippen LogP) is 4.88. The van der Waals surface area contributed by atoms with Crippen molar-refractivity contribution >= 4 is 16.9 Å². The van der Waals surface area contributed by atoms with Gasteiger partial charge in [-0.15, -0.1) is 0 Å². The SMILES string of the molecule is COc1cc([C@@H](CC(=O)N2CCOCC2)c2c(OC)cc(OC)c3c(-c4ccccc4)cc(=O)oc23)cc(OC)c1OC. The molecule has 226 valence electrons. The van der Waals surface area contributed by atoms with Crippen LogP contribution in [-0.4, -0.2) is 72.7 Å². The van der Waals surface area contributed by atoms with E-state index in [2.05, 4.69) is 0 Å². The van der Waals surface area contributed by atoms with Gasteiger partial charge in [-0.2, -0.15) is 0 Å². The molecular formula is C33H35NO9. The van der Waals surface area contributed by atoms with Gasteiger partial charge in [-0.25, -0.2) is 4.79 Å². The molecule has 10 heteroatoms. The third-order valence-electron chi connectivity index (χ3n) is 7.68. The normalized spacial score (nSPS) is 13.8. The highest BCUT2D eigenvalue weighted by Crippen LogP contribution is 2.48. The first kappa shape index (κ1) is 29.8. The molecule has 1 fully saturated rings. The number of carbonyl (C=O) groups is 1. The van der Waals surface area contributed by atoms with Crippen LogP contribution in [0.15, 0.2) is 63.8 Å². The zero-order chi connectivity index (χ0) is 30.5. The minimum Gasteiger partial charge on any atom is -0.496 e. The maximum atomic E-state index is 13.8. The molecule has 5 rings (SSSR count). The Hall–Kier alpha value is -4.70. The van der Waals surface area contributed by atoms with Gasteiger partial charge in [0.15, 0.2) is 11.5 Å². The van der Waals surface area contributed by atoms with Crippen LogP contribution in [0.2, 0.25) is 0 Å². The smallest absolute Gasteiger partial charge is 0.336 e. The number of carbonyl (C=O) groups excluding carboxylic acids is 1. The summed E-state index contributed by atoms with van der Waals surface area (Å²) in [6, 6.07) is 16.3. The first-order chi connectivity index (χ1) is 20.9. The number of rotatable bonds is 10. The minimum atomic E-state index is -0.651. The van der Waals surface area contributed by atoms with Gasteiger partial charge in [0.1, 0.15) is 17.1 Å². The third kappa shape index (κ3) is 5.83. The molecule has 4 aromatic rings. The quantitative estimate of drug-likeness (QED) is 0.239. The van der Waals surface area contributed by atoms with Gasteiger partial charge in [-0.1, -0.05) is 30.3 Å². The predicted molar refractivity (Wildman–Crippen MR) is 161 cm³/mol. The van der Waals surface area contributed by atoms with Crippen molar-refractivity contribution < 1.29 is 37.6 Å². The highest BCUT2D eigenvalue weighted by molar-refractivity contribution is 6.01. The van der Waals surface area contributed by atoms with Gasteiger partial charge in [-0.05, 0) is 23.3 Å². The Kier molecular flexibility index (Phi) is 9.06. The van der Waals surface area contributed by atoms with Crippen LogP contribution in [0.4, 0.5) is 0 Å². The summed E-state index contributed by atoms with van der Waals surface area (Å²) in [7, 11) is 7.66. The van der Waals surface area contributed by atoms with Gasteiger partial charge in [0.05, 0.1) is 54.1 Å². The molecule has 0 spiro atoms. The maximum Gasteiger partial charge on any atom is 0.336 e. The second kappa shape index (κ2) is 13.1. The number of nitrogens with zero attached hydrogens (tertiary/aromatic N) is 1.